The average molecular weight is 444 g/mol. The molecule has 0 bridgehead atoms. The summed E-state index contributed by atoms with van der Waals surface area (Å²) in [6.45, 7) is 7.67. The smallest absolute Gasteiger partial charge is 0.287 e. The molecule has 0 spiro atoms. The van der Waals surface area contributed by atoms with Crippen molar-refractivity contribution in [1.82, 2.24) is 20.1 Å². The first-order valence-corrected chi connectivity index (χ1v) is 10.4. The van der Waals surface area contributed by atoms with Gasteiger partial charge in [-0.1, -0.05) is 23.9 Å². The van der Waals surface area contributed by atoms with Gasteiger partial charge in [-0.15, -0.1) is 16.8 Å². The molecular formula is C21H22FN5O3S. The first kappa shape index (κ1) is 22.3. The summed E-state index contributed by atoms with van der Waals surface area (Å²) in [6, 6.07) is 7.32. The number of anilines is 1. The molecule has 0 saturated carbocycles. The minimum atomic E-state index is -0.489. The van der Waals surface area contributed by atoms with Gasteiger partial charge in [0.15, 0.2) is 16.7 Å². The van der Waals surface area contributed by atoms with Crippen LogP contribution in [-0.4, -0.2) is 32.3 Å². The van der Waals surface area contributed by atoms with Crippen molar-refractivity contribution < 1.29 is 18.4 Å². The van der Waals surface area contributed by atoms with Crippen molar-refractivity contribution in [2.24, 2.45) is 0 Å². The van der Waals surface area contributed by atoms with Crippen molar-refractivity contribution in [1.29, 1.82) is 0 Å². The first-order valence-electron chi connectivity index (χ1n) is 9.46. The number of rotatable bonds is 9. The third-order valence-corrected chi connectivity index (χ3v) is 5.23. The normalized spacial score (nSPS) is 11.7. The Kier molecular flexibility index (Phi) is 7.24. The summed E-state index contributed by atoms with van der Waals surface area (Å²) in [4.78, 5) is 24.5. The Morgan fingerprint density at radius 1 is 1.35 bits per heavy atom. The van der Waals surface area contributed by atoms with Gasteiger partial charge in [0, 0.05) is 6.54 Å². The number of hydrogen-bond acceptors (Lipinski definition) is 6. The maximum Gasteiger partial charge on any atom is 0.287 e. The van der Waals surface area contributed by atoms with E-state index < -0.39 is 11.9 Å². The lowest BCUT2D eigenvalue weighted by Crippen LogP contribution is -2.28. The summed E-state index contributed by atoms with van der Waals surface area (Å²) in [6.07, 6.45) is 3.09. The number of carbonyl (C=O) groups excluding carboxylic acids is 2. The Bertz CT molecular complexity index is 1080. The molecule has 3 rings (SSSR count). The number of furan rings is 1. The van der Waals surface area contributed by atoms with E-state index in [2.05, 4.69) is 27.4 Å². The van der Waals surface area contributed by atoms with Crippen LogP contribution >= 0.6 is 11.8 Å². The fraction of sp³-hybridized carbons (Fsp3) is 0.238. The van der Waals surface area contributed by atoms with E-state index in [1.165, 1.54) is 18.4 Å². The van der Waals surface area contributed by atoms with Crippen molar-refractivity contribution in [3.8, 4) is 0 Å². The van der Waals surface area contributed by atoms with E-state index >= 15 is 0 Å². The summed E-state index contributed by atoms with van der Waals surface area (Å²) in [5.41, 5.74) is 0.891. The van der Waals surface area contributed by atoms with Gasteiger partial charge in [-0.05, 0) is 43.7 Å². The van der Waals surface area contributed by atoms with Crippen LogP contribution in [0.25, 0.3) is 0 Å². The number of aryl methyl sites for hydroxylation is 1. The molecule has 2 aromatic heterocycles. The van der Waals surface area contributed by atoms with E-state index in [0.717, 1.165) is 17.3 Å². The monoisotopic (exact) mass is 443 g/mol. The second-order valence-electron chi connectivity index (χ2n) is 6.73. The second-order valence-corrected chi connectivity index (χ2v) is 7.68. The summed E-state index contributed by atoms with van der Waals surface area (Å²) in [5, 5.41) is 14.1. The Morgan fingerprint density at radius 3 is 2.84 bits per heavy atom. The van der Waals surface area contributed by atoms with Gasteiger partial charge in [0.1, 0.15) is 5.82 Å². The molecule has 10 heteroatoms. The molecule has 0 fully saturated rings. The number of amides is 2. The van der Waals surface area contributed by atoms with Gasteiger partial charge < -0.3 is 19.6 Å². The summed E-state index contributed by atoms with van der Waals surface area (Å²) < 4.78 is 20.8. The molecule has 8 nitrogen and oxygen atoms in total. The van der Waals surface area contributed by atoms with Gasteiger partial charge >= 0.3 is 0 Å². The van der Waals surface area contributed by atoms with Crippen LogP contribution in [0.2, 0.25) is 0 Å². The highest BCUT2D eigenvalue weighted by Gasteiger charge is 2.21. The number of halogens is 1. The minimum Gasteiger partial charge on any atom is -0.459 e. The highest BCUT2D eigenvalue weighted by atomic mass is 32.2. The van der Waals surface area contributed by atoms with Crippen LogP contribution in [0.15, 0.2) is 58.8 Å². The van der Waals surface area contributed by atoms with E-state index in [4.69, 9.17) is 4.42 Å². The second kappa shape index (κ2) is 10.1. The quantitative estimate of drug-likeness (QED) is 0.386. The van der Waals surface area contributed by atoms with E-state index in [9.17, 15) is 14.0 Å². The zero-order chi connectivity index (χ0) is 22.4. The van der Waals surface area contributed by atoms with Crippen molar-refractivity contribution in [2.75, 3.05) is 11.1 Å². The molecule has 0 saturated heterocycles. The van der Waals surface area contributed by atoms with E-state index in [1.54, 1.807) is 42.7 Å². The maximum absolute atomic E-state index is 13.9. The molecule has 0 radical (unpaired) electrons. The zero-order valence-electron chi connectivity index (χ0n) is 17.1. The van der Waals surface area contributed by atoms with Crippen molar-refractivity contribution >= 4 is 29.3 Å². The molecular weight excluding hydrogens is 421 g/mol. The Balaban J connectivity index is 1.66. The fourth-order valence-electron chi connectivity index (χ4n) is 2.81. The number of carbonyl (C=O) groups is 2. The minimum absolute atomic E-state index is 0.00965. The molecule has 0 aliphatic carbocycles. The third-order valence-electron chi connectivity index (χ3n) is 4.27. The molecule has 3 aromatic rings. The predicted octanol–water partition coefficient (Wildman–Crippen LogP) is 3.73. The van der Waals surface area contributed by atoms with Crippen molar-refractivity contribution in [3.63, 3.8) is 0 Å². The van der Waals surface area contributed by atoms with Crippen LogP contribution in [0.4, 0.5) is 10.1 Å². The van der Waals surface area contributed by atoms with Gasteiger partial charge in [-0.2, -0.15) is 0 Å². The Morgan fingerprint density at radius 2 is 2.16 bits per heavy atom. The zero-order valence-corrected chi connectivity index (χ0v) is 17.9. The average Bonchev–Trinajstić information content (AvgIpc) is 3.39. The van der Waals surface area contributed by atoms with Crippen LogP contribution in [0.1, 0.15) is 34.9 Å². The van der Waals surface area contributed by atoms with Crippen molar-refractivity contribution in [3.05, 3.63) is 72.2 Å². The molecule has 0 aliphatic rings. The maximum atomic E-state index is 13.9. The molecule has 162 valence electrons. The lowest BCUT2D eigenvalue weighted by molar-refractivity contribution is -0.113. The van der Waals surface area contributed by atoms with Gasteiger partial charge in [0.05, 0.1) is 23.7 Å². The topological polar surface area (TPSA) is 102 Å². The van der Waals surface area contributed by atoms with Gasteiger partial charge in [-0.3, -0.25) is 9.59 Å². The number of thioether (sulfide) groups is 1. The van der Waals surface area contributed by atoms with Crippen LogP contribution in [-0.2, 0) is 11.3 Å². The number of benzene rings is 1. The lowest BCUT2D eigenvalue weighted by atomic mass is 10.2. The van der Waals surface area contributed by atoms with E-state index in [1.807, 2.05) is 0 Å². The fourth-order valence-corrected chi connectivity index (χ4v) is 3.56. The van der Waals surface area contributed by atoms with Crippen molar-refractivity contribution in [2.45, 2.75) is 31.6 Å². The molecule has 1 atom stereocenters. The SMILES string of the molecule is C=CCn1c(SCC(=O)Nc2ccc(C)cc2F)nnc1[C@@H](C)NC(=O)c1ccco1. The van der Waals surface area contributed by atoms with Crippen LogP contribution in [0.3, 0.4) is 0 Å². The molecule has 31 heavy (non-hydrogen) atoms. The summed E-state index contributed by atoms with van der Waals surface area (Å²) in [7, 11) is 0. The number of nitrogens with one attached hydrogen (secondary N) is 2. The number of allylic oxidation sites excluding steroid dienone is 1. The Hall–Kier alpha value is -3.40. The van der Waals surface area contributed by atoms with Gasteiger partial charge in [0.2, 0.25) is 5.91 Å². The highest BCUT2D eigenvalue weighted by Crippen LogP contribution is 2.22. The number of hydrogen-bond donors (Lipinski definition) is 2. The summed E-state index contributed by atoms with van der Waals surface area (Å²) in [5.74, 6) is -0.531. The molecule has 0 unspecified atom stereocenters. The molecule has 2 N–H and O–H groups in total. The molecule has 2 heterocycles. The number of aromatic nitrogens is 3. The third kappa shape index (κ3) is 5.60. The van der Waals surface area contributed by atoms with Gasteiger partial charge in [0.25, 0.3) is 5.91 Å². The van der Waals surface area contributed by atoms with E-state index in [0.29, 0.717) is 17.5 Å². The first-order chi connectivity index (χ1) is 14.9. The van der Waals surface area contributed by atoms with Crippen LogP contribution < -0.4 is 10.6 Å². The Labute approximate surface area is 182 Å². The summed E-state index contributed by atoms with van der Waals surface area (Å²) >= 11 is 1.15. The van der Waals surface area contributed by atoms with Crippen LogP contribution in [0.5, 0.6) is 0 Å². The number of nitrogens with zero attached hydrogens (tertiary/aromatic N) is 3. The standard InChI is InChI=1S/C21H22FN5O3S/c1-4-9-27-19(14(3)23-20(29)17-6-5-10-30-17)25-26-21(27)31-12-18(28)24-16-8-7-13(2)11-15(16)22/h4-8,10-11,14H,1,9,12H2,2-3H3,(H,23,29)(H,24,28)/t14-/m1/s1. The lowest BCUT2D eigenvalue weighted by Gasteiger charge is -2.14. The predicted molar refractivity (Wildman–Crippen MR) is 115 cm³/mol. The van der Waals surface area contributed by atoms with E-state index in [-0.39, 0.29) is 29.0 Å². The highest BCUT2D eigenvalue weighted by molar-refractivity contribution is 7.99. The largest absolute Gasteiger partial charge is 0.459 e. The molecule has 2 amide bonds. The van der Waals surface area contributed by atoms with Crippen LogP contribution in [0, 0.1) is 12.7 Å². The molecule has 0 aliphatic heterocycles. The molecule has 1 aromatic carbocycles. The van der Waals surface area contributed by atoms with Gasteiger partial charge in [-0.25, -0.2) is 4.39 Å².